The smallest absolute Gasteiger partial charge is 0.364 e. The van der Waals surface area contributed by atoms with Crippen LogP contribution >= 0.6 is 0 Å². The Balaban J connectivity index is 1.45. The maximum absolute atomic E-state index is 13.5. The number of nitrogens with one attached hydrogen (secondary N) is 2. The van der Waals surface area contributed by atoms with Crippen molar-refractivity contribution >= 4 is 17.8 Å². The molecule has 0 aromatic heterocycles. The lowest BCUT2D eigenvalue weighted by Crippen LogP contribution is -2.70. The van der Waals surface area contributed by atoms with Gasteiger partial charge in [-0.2, -0.15) is 0 Å². The lowest BCUT2D eigenvalue weighted by Gasteiger charge is -2.50. The summed E-state index contributed by atoms with van der Waals surface area (Å²) in [5.74, 6) is -6.10. The van der Waals surface area contributed by atoms with E-state index in [0.717, 1.165) is 58.3 Å². The van der Waals surface area contributed by atoms with Crippen molar-refractivity contribution in [1.29, 1.82) is 0 Å². The average Bonchev–Trinajstić information content (AvgIpc) is 0.763. The zero-order valence-electron chi connectivity index (χ0n) is 58.5. The number of hydrogen-bond donors (Lipinski definition) is 14. The molecule has 23 heteroatoms. The van der Waals surface area contributed by atoms with E-state index in [0.29, 0.717) is 19.3 Å². The zero-order valence-corrected chi connectivity index (χ0v) is 58.5. The fraction of sp³-hybridized carbons (Fsp3) is 0.931. The third-order valence-corrected chi connectivity index (χ3v) is 19.2. The van der Waals surface area contributed by atoms with Gasteiger partial charge in [-0.1, -0.05) is 244 Å². The van der Waals surface area contributed by atoms with Crippen LogP contribution in [-0.2, 0) is 42.8 Å². The number of carboxylic acids is 1. The highest BCUT2D eigenvalue weighted by Gasteiger charge is 2.60. The topological polar surface area (TPSA) is 373 Å². The Morgan fingerprint density at radius 3 is 1.42 bits per heavy atom. The number of unbranched alkanes of at least 4 members (excludes halogenated alkanes) is 36. The van der Waals surface area contributed by atoms with Crippen molar-refractivity contribution in [3.63, 3.8) is 0 Å². The quantitative estimate of drug-likeness (QED) is 0.0201. The molecular formula is C72H134N2O21. The highest BCUT2D eigenvalue weighted by molar-refractivity contribution is 5.77. The highest BCUT2D eigenvalue weighted by Crippen LogP contribution is 2.39. The molecule has 3 aliphatic heterocycles. The van der Waals surface area contributed by atoms with Crippen LogP contribution in [0.3, 0.4) is 0 Å². The number of aliphatic hydroxyl groups is 11. The van der Waals surface area contributed by atoms with Gasteiger partial charge in [-0.05, 0) is 38.5 Å². The summed E-state index contributed by atoms with van der Waals surface area (Å²) in [5.41, 5.74) is 0. The van der Waals surface area contributed by atoms with Crippen LogP contribution in [-0.4, -0.2) is 215 Å². The van der Waals surface area contributed by atoms with Gasteiger partial charge >= 0.3 is 5.97 Å². The lowest BCUT2D eigenvalue weighted by molar-refractivity contribution is -0.386. The number of hydrogen-bond acceptors (Lipinski definition) is 20. The first-order chi connectivity index (χ1) is 45.9. The molecule has 0 aromatic carbocycles. The maximum Gasteiger partial charge on any atom is 0.364 e. The summed E-state index contributed by atoms with van der Waals surface area (Å²) in [4.78, 5) is 38.5. The molecule has 3 rings (SSSR count). The van der Waals surface area contributed by atoms with E-state index in [9.17, 15) is 75.7 Å². The third kappa shape index (κ3) is 34.1. The van der Waals surface area contributed by atoms with Gasteiger partial charge in [-0.15, -0.1) is 0 Å². The molecule has 0 aromatic rings. The SMILES string of the molecule is CCCCCCCCCCCCCC/C=C\CCCCCCCCCCCCCCCCCC(=O)NC(COC1OC(CO)C(OC2OC(CO)C(O)C(OC3(C(=O)O)CC(O)C(NC(C)=O)C(C(O)C(O)CO)O3)C2O)C(O)C1O)C(O)CCCCCCCCCCCC. The second kappa shape index (κ2) is 52.5. The molecule has 95 heavy (non-hydrogen) atoms. The number of rotatable bonds is 58. The first kappa shape index (κ1) is 86.7. The van der Waals surface area contributed by atoms with Gasteiger partial charge < -0.3 is 100 Å². The van der Waals surface area contributed by atoms with E-state index in [1.165, 1.54) is 186 Å². The normalized spacial score (nSPS) is 27.7. The summed E-state index contributed by atoms with van der Waals surface area (Å²) in [6.45, 7) is 2.20. The van der Waals surface area contributed by atoms with E-state index in [1.807, 2.05) is 0 Å². The first-order valence-corrected chi connectivity index (χ1v) is 37.5. The van der Waals surface area contributed by atoms with E-state index >= 15 is 0 Å². The van der Waals surface area contributed by atoms with Crippen molar-refractivity contribution < 1.29 is 104 Å². The molecule has 23 nitrogen and oxygen atoms in total. The Bertz CT molecular complexity index is 1960. The molecular weight excluding hydrogens is 1230 g/mol. The van der Waals surface area contributed by atoms with Gasteiger partial charge in [-0.25, -0.2) is 4.79 Å². The van der Waals surface area contributed by atoms with Gasteiger partial charge in [0.15, 0.2) is 12.6 Å². The Labute approximate surface area is 569 Å². The van der Waals surface area contributed by atoms with Crippen LogP contribution in [0.15, 0.2) is 12.2 Å². The minimum Gasteiger partial charge on any atom is -0.477 e. The minimum atomic E-state index is -3.08. The van der Waals surface area contributed by atoms with Crippen molar-refractivity contribution in [2.24, 2.45) is 0 Å². The largest absolute Gasteiger partial charge is 0.477 e. The van der Waals surface area contributed by atoms with Gasteiger partial charge in [0.1, 0.15) is 67.1 Å². The Kier molecular flexibility index (Phi) is 47.9. The van der Waals surface area contributed by atoms with E-state index < -0.39 is 148 Å². The van der Waals surface area contributed by atoms with Crippen molar-refractivity contribution in [1.82, 2.24) is 10.6 Å². The Morgan fingerprint density at radius 2 is 0.979 bits per heavy atom. The number of aliphatic hydroxyl groups excluding tert-OH is 11. The summed E-state index contributed by atoms with van der Waals surface area (Å²) in [5, 5.41) is 136. The summed E-state index contributed by atoms with van der Waals surface area (Å²) in [6, 6.07) is -2.53. The standard InChI is InChI=1S/C72H134N2O21/c1-4-6-8-10-12-14-16-17-18-19-20-21-22-23-24-25-26-27-28-29-30-31-32-33-34-35-36-38-40-42-44-46-59(82)74-53(54(79)45-43-41-39-37-15-13-11-9-7-5-2)51-90-69-64(86)63(85)66(58(50-77)92-69)93-70-65(87)68(62(84)57(49-76)91-70)95-72(71(88)89)47-55(80)60(73-52(3)78)67(94-72)61(83)56(81)48-75/h23-24,53-58,60-70,75-77,79-81,83-87H,4-22,25-51H2,1-3H3,(H,73,78)(H,74,82)(H,88,89)/b24-23-. The van der Waals surface area contributed by atoms with E-state index in [4.69, 9.17) is 28.4 Å². The molecule has 18 unspecified atom stereocenters. The predicted molar refractivity (Wildman–Crippen MR) is 362 cm³/mol. The molecule has 3 fully saturated rings. The van der Waals surface area contributed by atoms with Gasteiger partial charge in [0, 0.05) is 19.8 Å². The van der Waals surface area contributed by atoms with Gasteiger partial charge in [-0.3, -0.25) is 9.59 Å². The maximum atomic E-state index is 13.5. The lowest BCUT2D eigenvalue weighted by atomic mass is 9.88. The van der Waals surface area contributed by atoms with Crippen molar-refractivity contribution in [2.75, 3.05) is 26.4 Å². The molecule has 18 atom stereocenters. The van der Waals surface area contributed by atoms with Crippen LogP contribution in [0.2, 0.25) is 0 Å². The van der Waals surface area contributed by atoms with Crippen molar-refractivity contribution in [2.45, 2.75) is 400 Å². The Hall–Kier alpha value is -2.53. The molecule has 2 amide bonds. The van der Waals surface area contributed by atoms with Crippen LogP contribution in [0.25, 0.3) is 0 Å². The molecule has 0 spiro atoms. The molecule has 0 saturated carbocycles. The molecule has 0 bridgehead atoms. The minimum absolute atomic E-state index is 0.226. The van der Waals surface area contributed by atoms with E-state index in [-0.39, 0.29) is 18.9 Å². The fourth-order valence-corrected chi connectivity index (χ4v) is 13.2. The van der Waals surface area contributed by atoms with Crippen molar-refractivity contribution in [3.8, 4) is 0 Å². The number of ether oxygens (including phenoxy) is 6. The number of carbonyl (C=O) groups is 3. The van der Waals surface area contributed by atoms with E-state index in [2.05, 4.69) is 36.6 Å². The van der Waals surface area contributed by atoms with Crippen LogP contribution in [0.4, 0.5) is 0 Å². The van der Waals surface area contributed by atoms with Crippen LogP contribution in [0.1, 0.15) is 290 Å². The molecule has 0 aliphatic carbocycles. The molecule has 3 saturated heterocycles. The molecule has 3 heterocycles. The second-order valence-electron chi connectivity index (χ2n) is 27.5. The third-order valence-electron chi connectivity index (χ3n) is 19.2. The molecule has 0 radical (unpaired) electrons. The van der Waals surface area contributed by atoms with Crippen LogP contribution < -0.4 is 10.6 Å². The number of carboxylic acid groups (broad SMARTS) is 1. The number of carbonyl (C=O) groups excluding carboxylic acids is 2. The fourth-order valence-electron chi connectivity index (χ4n) is 13.2. The van der Waals surface area contributed by atoms with Gasteiger partial charge in [0.2, 0.25) is 11.8 Å². The second-order valence-corrected chi connectivity index (χ2v) is 27.5. The van der Waals surface area contributed by atoms with Crippen LogP contribution in [0, 0.1) is 0 Å². The summed E-state index contributed by atoms with van der Waals surface area (Å²) < 4.78 is 34.8. The zero-order chi connectivity index (χ0) is 69.6. The van der Waals surface area contributed by atoms with E-state index in [1.54, 1.807) is 0 Å². The Morgan fingerprint density at radius 1 is 0.537 bits per heavy atom. The predicted octanol–water partition coefficient (Wildman–Crippen LogP) is 8.24. The molecule has 14 N–H and O–H groups in total. The van der Waals surface area contributed by atoms with Gasteiger partial charge in [0.25, 0.3) is 5.79 Å². The number of aliphatic carboxylic acids is 1. The monoisotopic (exact) mass is 1360 g/mol. The highest BCUT2D eigenvalue weighted by atomic mass is 16.8. The molecule has 558 valence electrons. The van der Waals surface area contributed by atoms with Crippen molar-refractivity contribution in [3.05, 3.63) is 12.2 Å². The summed E-state index contributed by atoms with van der Waals surface area (Å²) in [6.07, 6.45) is 24.0. The summed E-state index contributed by atoms with van der Waals surface area (Å²) >= 11 is 0. The number of amides is 2. The average molecular weight is 1360 g/mol. The summed E-state index contributed by atoms with van der Waals surface area (Å²) in [7, 11) is 0. The molecule has 3 aliphatic rings. The number of allylic oxidation sites excluding steroid dienone is 2. The van der Waals surface area contributed by atoms with Crippen LogP contribution in [0.5, 0.6) is 0 Å². The van der Waals surface area contributed by atoms with Gasteiger partial charge in [0.05, 0.1) is 50.7 Å². The first-order valence-electron chi connectivity index (χ1n) is 37.5.